The number of piperazine rings is 1. The van der Waals surface area contributed by atoms with Gasteiger partial charge in [0, 0.05) is 18.3 Å². The maximum Gasteiger partial charge on any atom is 0.247 e. The number of benzene rings is 1. The Balaban J connectivity index is 2.01. The SMILES string of the molecule is CCCS(=O)(=O)N1CC(=O)N(c2cc(C)cc(C)c2)C(C)(C(=O)NC2CCCCC2)C1. The largest absolute Gasteiger partial charge is 0.351 e. The van der Waals surface area contributed by atoms with Crippen LogP contribution in [0.25, 0.3) is 0 Å². The summed E-state index contributed by atoms with van der Waals surface area (Å²) < 4.78 is 26.8. The summed E-state index contributed by atoms with van der Waals surface area (Å²) in [6.45, 7) is 7.08. The highest BCUT2D eigenvalue weighted by molar-refractivity contribution is 7.89. The van der Waals surface area contributed by atoms with Gasteiger partial charge >= 0.3 is 0 Å². The number of hydrogen-bond donors (Lipinski definition) is 1. The molecule has 3 rings (SSSR count). The van der Waals surface area contributed by atoms with Gasteiger partial charge in [-0.1, -0.05) is 32.3 Å². The van der Waals surface area contributed by atoms with Crippen LogP contribution < -0.4 is 10.2 Å². The summed E-state index contributed by atoms with van der Waals surface area (Å²) in [6.07, 6.45) is 5.59. The van der Waals surface area contributed by atoms with Crippen LogP contribution >= 0.6 is 0 Å². The lowest BCUT2D eigenvalue weighted by Gasteiger charge is -2.47. The minimum Gasteiger partial charge on any atom is -0.351 e. The molecule has 0 spiro atoms. The highest BCUT2D eigenvalue weighted by atomic mass is 32.2. The number of nitrogens with one attached hydrogen (secondary N) is 1. The van der Waals surface area contributed by atoms with Crippen molar-refractivity contribution in [2.45, 2.75) is 77.8 Å². The smallest absolute Gasteiger partial charge is 0.247 e. The van der Waals surface area contributed by atoms with Crippen LogP contribution in [0.4, 0.5) is 5.69 Å². The number of carbonyl (C=O) groups excluding carboxylic acids is 2. The molecule has 0 bridgehead atoms. The van der Waals surface area contributed by atoms with E-state index >= 15 is 0 Å². The molecule has 2 aliphatic rings. The third kappa shape index (κ3) is 5.12. The Hall–Kier alpha value is -1.93. The lowest BCUT2D eigenvalue weighted by Crippen LogP contribution is -2.71. The first-order valence-electron chi connectivity index (χ1n) is 11.3. The second-order valence-electron chi connectivity index (χ2n) is 9.24. The van der Waals surface area contributed by atoms with Gasteiger partial charge in [-0.2, -0.15) is 4.31 Å². The zero-order chi connectivity index (χ0) is 22.8. The number of sulfonamides is 1. The molecule has 1 saturated carbocycles. The summed E-state index contributed by atoms with van der Waals surface area (Å²) in [7, 11) is -3.62. The van der Waals surface area contributed by atoms with Gasteiger partial charge in [-0.15, -0.1) is 0 Å². The molecule has 1 atom stereocenters. The predicted octanol–water partition coefficient (Wildman–Crippen LogP) is 2.90. The second-order valence-corrected chi connectivity index (χ2v) is 11.3. The average Bonchev–Trinajstić information content (AvgIpc) is 2.67. The molecule has 1 heterocycles. The van der Waals surface area contributed by atoms with E-state index in [2.05, 4.69) is 5.32 Å². The van der Waals surface area contributed by atoms with Gasteiger partial charge in [-0.3, -0.25) is 14.5 Å². The summed E-state index contributed by atoms with van der Waals surface area (Å²) in [6, 6.07) is 5.84. The number of anilines is 1. The van der Waals surface area contributed by atoms with Crippen LogP contribution in [-0.4, -0.2) is 55.0 Å². The molecule has 7 nitrogen and oxygen atoms in total. The minimum absolute atomic E-state index is 0.0375. The Labute approximate surface area is 186 Å². The van der Waals surface area contributed by atoms with Crippen molar-refractivity contribution in [1.29, 1.82) is 0 Å². The third-order valence-corrected chi connectivity index (χ3v) is 8.26. The Kier molecular flexibility index (Phi) is 7.11. The zero-order valence-corrected chi connectivity index (χ0v) is 19.9. The molecule has 1 aliphatic heterocycles. The van der Waals surface area contributed by atoms with Crippen molar-refractivity contribution in [3.05, 3.63) is 29.3 Å². The fourth-order valence-corrected chi connectivity index (χ4v) is 6.35. The molecule has 0 aromatic heterocycles. The molecule has 1 N–H and O–H groups in total. The van der Waals surface area contributed by atoms with Gasteiger partial charge in [0.2, 0.25) is 21.8 Å². The van der Waals surface area contributed by atoms with Crippen molar-refractivity contribution in [2.24, 2.45) is 0 Å². The standard InChI is InChI=1S/C23H35N3O4S/c1-5-11-31(29,30)25-15-21(27)26(20-13-17(2)12-18(3)14-20)23(4,16-25)22(28)24-19-9-7-6-8-10-19/h12-14,19H,5-11,15-16H2,1-4H3,(H,24,28). The molecule has 172 valence electrons. The first-order valence-corrected chi connectivity index (χ1v) is 12.9. The maximum absolute atomic E-state index is 13.6. The fraction of sp³-hybridized carbons (Fsp3) is 0.652. The number of hydrogen-bond acceptors (Lipinski definition) is 4. The fourth-order valence-electron chi connectivity index (χ4n) is 4.82. The Morgan fingerprint density at radius 3 is 2.32 bits per heavy atom. The van der Waals surface area contributed by atoms with E-state index in [0.29, 0.717) is 12.1 Å². The van der Waals surface area contributed by atoms with E-state index in [1.807, 2.05) is 32.0 Å². The van der Waals surface area contributed by atoms with Gasteiger partial charge in [0.05, 0.1) is 12.3 Å². The van der Waals surface area contributed by atoms with Crippen LogP contribution in [-0.2, 0) is 19.6 Å². The Bertz CT molecular complexity index is 920. The highest BCUT2D eigenvalue weighted by Crippen LogP contribution is 2.33. The number of rotatable bonds is 6. The van der Waals surface area contributed by atoms with Crippen LogP contribution in [0.2, 0.25) is 0 Å². The molecule has 31 heavy (non-hydrogen) atoms. The molecule has 1 aromatic rings. The number of aryl methyl sites for hydroxylation is 2. The summed E-state index contributed by atoms with van der Waals surface area (Å²) in [5.41, 5.74) is 1.28. The number of amides is 2. The lowest BCUT2D eigenvalue weighted by atomic mass is 9.91. The van der Waals surface area contributed by atoms with Crippen molar-refractivity contribution < 1.29 is 18.0 Å². The molecule has 2 fully saturated rings. The van der Waals surface area contributed by atoms with E-state index in [0.717, 1.165) is 36.8 Å². The van der Waals surface area contributed by atoms with Crippen molar-refractivity contribution in [1.82, 2.24) is 9.62 Å². The summed E-state index contributed by atoms with van der Waals surface area (Å²) >= 11 is 0. The van der Waals surface area contributed by atoms with Gasteiger partial charge < -0.3 is 5.32 Å². The minimum atomic E-state index is -3.62. The van der Waals surface area contributed by atoms with Crippen LogP contribution in [0, 0.1) is 13.8 Å². The number of nitrogens with zero attached hydrogens (tertiary/aromatic N) is 2. The highest BCUT2D eigenvalue weighted by Gasteiger charge is 2.51. The molecular weight excluding hydrogens is 414 g/mol. The number of carbonyl (C=O) groups is 2. The molecule has 1 unspecified atom stereocenters. The lowest BCUT2D eigenvalue weighted by molar-refractivity contribution is -0.133. The van der Waals surface area contributed by atoms with Crippen LogP contribution in [0.15, 0.2) is 18.2 Å². The second kappa shape index (κ2) is 9.28. The summed E-state index contributed by atoms with van der Waals surface area (Å²) in [5.74, 6) is -0.704. The summed E-state index contributed by atoms with van der Waals surface area (Å²) in [4.78, 5) is 28.4. The summed E-state index contributed by atoms with van der Waals surface area (Å²) in [5, 5.41) is 3.13. The Morgan fingerprint density at radius 1 is 1.13 bits per heavy atom. The first kappa shape index (κ1) is 23.7. The van der Waals surface area contributed by atoms with E-state index < -0.39 is 15.6 Å². The monoisotopic (exact) mass is 449 g/mol. The van der Waals surface area contributed by atoms with Crippen molar-refractivity contribution >= 4 is 27.5 Å². The van der Waals surface area contributed by atoms with Gasteiger partial charge in [-0.05, 0) is 63.3 Å². The van der Waals surface area contributed by atoms with E-state index in [4.69, 9.17) is 0 Å². The third-order valence-electron chi connectivity index (χ3n) is 6.29. The molecule has 2 amide bonds. The normalized spacial score (nSPS) is 23.7. The molecular formula is C23H35N3O4S. The van der Waals surface area contributed by atoms with E-state index in [1.165, 1.54) is 15.6 Å². The van der Waals surface area contributed by atoms with E-state index in [1.54, 1.807) is 13.8 Å². The van der Waals surface area contributed by atoms with Gasteiger partial charge in [0.25, 0.3) is 0 Å². The van der Waals surface area contributed by atoms with Gasteiger partial charge in [0.1, 0.15) is 5.54 Å². The maximum atomic E-state index is 13.6. The zero-order valence-electron chi connectivity index (χ0n) is 19.1. The average molecular weight is 450 g/mol. The van der Waals surface area contributed by atoms with Crippen LogP contribution in [0.5, 0.6) is 0 Å². The van der Waals surface area contributed by atoms with Crippen molar-refractivity contribution in [3.63, 3.8) is 0 Å². The molecule has 1 saturated heterocycles. The molecule has 1 aromatic carbocycles. The molecule has 8 heteroatoms. The van der Waals surface area contributed by atoms with E-state index in [-0.39, 0.29) is 36.7 Å². The topological polar surface area (TPSA) is 86.8 Å². The van der Waals surface area contributed by atoms with Crippen molar-refractivity contribution in [2.75, 3.05) is 23.7 Å². The Morgan fingerprint density at radius 2 is 1.74 bits per heavy atom. The van der Waals surface area contributed by atoms with Crippen molar-refractivity contribution in [3.8, 4) is 0 Å². The molecule has 0 radical (unpaired) electrons. The molecule has 1 aliphatic carbocycles. The van der Waals surface area contributed by atoms with Crippen LogP contribution in [0.1, 0.15) is 63.5 Å². The van der Waals surface area contributed by atoms with Crippen LogP contribution in [0.3, 0.4) is 0 Å². The van der Waals surface area contributed by atoms with E-state index in [9.17, 15) is 18.0 Å². The van der Waals surface area contributed by atoms with Gasteiger partial charge in [0.15, 0.2) is 0 Å². The quantitative estimate of drug-likeness (QED) is 0.723. The first-order chi connectivity index (χ1) is 14.6. The predicted molar refractivity (Wildman–Crippen MR) is 122 cm³/mol. The van der Waals surface area contributed by atoms with Gasteiger partial charge in [-0.25, -0.2) is 8.42 Å².